The molecule has 104 valence electrons. The summed E-state index contributed by atoms with van der Waals surface area (Å²) in [6.07, 6.45) is 0. The molecule has 0 aromatic heterocycles. The Hall–Kier alpha value is -2.94. The lowest BCUT2D eigenvalue weighted by molar-refractivity contribution is 0.628. The van der Waals surface area contributed by atoms with Gasteiger partial charge < -0.3 is 14.2 Å². The topological polar surface area (TPSA) is 37.6 Å². The van der Waals surface area contributed by atoms with Gasteiger partial charge in [0, 0.05) is 22.6 Å². The first-order chi connectivity index (χ1) is 10.9. The molecular formula is C19H10O3. The fraction of sp³-hybridized carbons (Fsp3) is 0.0526. The number of ether oxygens (including phenoxy) is 3. The van der Waals surface area contributed by atoms with Crippen molar-refractivity contribution in [1.82, 2.24) is 0 Å². The molecule has 3 heterocycles. The van der Waals surface area contributed by atoms with Crippen molar-refractivity contribution < 1.29 is 14.2 Å². The van der Waals surface area contributed by atoms with Crippen LogP contribution in [0.25, 0.3) is 0 Å². The summed E-state index contributed by atoms with van der Waals surface area (Å²) in [7, 11) is 0. The highest BCUT2D eigenvalue weighted by atomic mass is 16.6. The SMILES string of the molecule is c1cc2c(c(C(c3cccc4c3O4)c3cccc4c3O4)c1)O2. The van der Waals surface area contributed by atoms with Gasteiger partial charge >= 0.3 is 0 Å². The van der Waals surface area contributed by atoms with Crippen LogP contribution in [0.4, 0.5) is 0 Å². The van der Waals surface area contributed by atoms with Crippen LogP contribution in [0.2, 0.25) is 0 Å². The normalized spacial score (nSPS) is 14.0. The summed E-state index contributed by atoms with van der Waals surface area (Å²) in [5.74, 6) is 5.96. The van der Waals surface area contributed by atoms with Crippen LogP contribution < -0.4 is 14.2 Å². The number of fused-ring (bicyclic) bond motifs is 3. The second kappa shape index (κ2) is 3.45. The zero-order valence-electron chi connectivity index (χ0n) is 11.5. The second-order valence-electron chi connectivity index (χ2n) is 5.76. The molecule has 3 heteroatoms. The Morgan fingerprint density at radius 1 is 0.500 bits per heavy atom. The van der Waals surface area contributed by atoms with Crippen LogP contribution in [0.5, 0.6) is 34.5 Å². The third kappa shape index (κ3) is 1.35. The summed E-state index contributed by atoms with van der Waals surface area (Å²) in [6, 6.07) is 18.5. The molecule has 0 atom stereocenters. The van der Waals surface area contributed by atoms with E-state index in [1.54, 1.807) is 0 Å². The Morgan fingerprint density at radius 2 is 0.864 bits per heavy atom. The van der Waals surface area contributed by atoms with Crippen molar-refractivity contribution in [3.8, 4) is 34.5 Å². The van der Waals surface area contributed by atoms with Crippen LogP contribution in [0.3, 0.4) is 0 Å². The number of benzene rings is 3. The van der Waals surface area contributed by atoms with Crippen LogP contribution in [-0.2, 0) is 0 Å². The summed E-state index contributed by atoms with van der Waals surface area (Å²) >= 11 is 0. The molecule has 0 radical (unpaired) electrons. The summed E-state index contributed by atoms with van der Waals surface area (Å²) in [4.78, 5) is 0. The van der Waals surface area contributed by atoms with Crippen molar-refractivity contribution in [1.29, 1.82) is 0 Å². The van der Waals surface area contributed by atoms with Crippen LogP contribution >= 0.6 is 0 Å². The molecule has 3 aliphatic heterocycles. The van der Waals surface area contributed by atoms with E-state index < -0.39 is 0 Å². The molecule has 0 saturated heterocycles. The second-order valence-corrected chi connectivity index (χ2v) is 5.76. The molecule has 22 heavy (non-hydrogen) atoms. The zero-order valence-corrected chi connectivity index (χ0v) is 11.5. The van der Waals surface area contributed by atoms with Crippen LogP contribution in [0.15, 0.2) is 54.6 Å². The van der Waals surface area contributed by atoms with Crippen LogP contribution in [0.1, 0.15) is 22.6 Å². The molecule has 0 amide bonds. The minimum absolute atomic E-state index is 0.0762. The average Bonchev–Trinajstić information content (AvgIpc) is 3.42. The number of para-hydroxylation sites is 3. The lowest BCUT2D eigenvalue weighted by Crippen LogP contribution is -2.00. The fourth-order valence-electron chi connectivity index (χ4n) is 3.32. The predicted molar refractivity (Wildman–Crippen MR) is 80.5 cm³/mol. The molecule has 0 unspecified atom stereocenters. The highest BCUT2D eigenvalue weighted by Gasteiger charge is 2.39. The van der Waals surface area contributed by atoms with Crippen molar-refractivity contribution in [3.05, 3.63) is 71.3 Å². The van der Waals surface area contributed by atoms with E-state index >= 15 is 0 Å². The molecule has 0 fully saturated rings. The number of hydrogen-bond donors (Lipinski definition) is 0. The van der Waals surface area contributed by atoms with Gasteiger partial charge in [-0.05, 0) is 18.2 Å². The lowest BCUT2D eigenvalue weighted by atomic mass is 9.85. The maximum absolute atomic E-state index is 5.62. The van der Waals surface area contributed by atoms with Gasteiger partial charge in [-0.1, -0.05) is 36.4 Å². The van der Waals surface area contributed by atoms with Gasteiger partial charge in [0.15, 0.2) is 34.5 Å². The first-order valence-electron chi connectivity index (χ1n) is 7.32. The molecule has 3 nitrogen and oxygen atoms in total. The Morgan fingerprint density at radius 3 is 1.23 bits per heavy atom. The van der Waals surface area contributed by atoms with E-state index in [4.69, 9.17) is 14.2 Å². The van der Waals surface area contributed by atoms with Crippen LogP contribution in [0, 0.1) is 0 Å². The van der Waals surface area contributed by atoms with Crippen LogP contribution in [-0.4, -0.2) is 0 Å². The van der Waals surface area contributed by atoms with E-state index in [0.29, 0.717) is 0 Å². The lowest BCUT2D eigenvalue weighted by Gasteiger charge is -2.15. The minimum Gasteiger partial charge on any atom is -0.449 e. The van der Waals surface area contributed by atoms with Crippen molar-refractivity contribution in [2.45, 2.75) is 5.92 Å². The molecular weight excluding hydrogens is 276 g/mol. The van der Waals surface area contributed by atoms with Gasteiger partial charge in [0.1, 0.15) is 0 Å². The van der Waals surface area contributed by atoms with Gasteiger partial charge in [0.25, 0.3) is 0 Å². The fourth-order valence-corrected chi connectivity index (χ4v) is 3.32. The highest BCUT2D eigenvalue weighted by molar-refractivity contribution is 5.72. The van der Waals surface area contributed by atoms with E-state index in [0.717, 1.165) is 34.5 Å². The van der Waals surface area contributed by atoms with E-state index in [9.17, 15) is 0 Å². The molecule has 0 bridgehead atoms. The maximum Gasteiger partial charge on any atom is 0.174 e. The van der Waals surface area contributed by atoms with Gasteiger partial charge in [-0.2, -0.15) is 0 Å². The smallest absolute Gasteiger partial charge is 0.174 e. The molecule has 3 aromatic rings. The standard InChI is InChI=1S/C19H10O3/c1-4-10(17-13(7-1)20-17)16(11-5-2-8-14-18(11)21-14)12-6-3-9-15-19(12)22-15/h1-9,16H. The predicted octanol–water partition coefficient (Wildman–Crippen LogP) is 5.18. The maximum atomic E-state index is 5.62. The molecule has 0 saturated carbocycles. The summed E-state index contributed by atoms with van der Waals surface area (Å²) < 4.78 is 16.9. The third-order valence-corrected chi connectivity index (χ3v) is 4.47. The van der Waals surface area contributed by atoms with Gasteiger partial charge in [0.2, 0.25) is 0 Å². The van der Waals surface area contributed by atoms with E-state index in [1.165, 1.54) is 16.7 Å². The van der Waals surface area contributed by atoms with E-state index in [2.05, 4.69) is 18.2 Å². The Kier molecular flexibility index (Phi) is 1.68. The Bertz CT molecular complexity index is 847. The zero-order chi connectivity index (χ0) is 14.3. The van der Waals surface area contributed by atoms with Gasteiger partial charge in [0.05, 0.1) is 0 Å². The molecule has 6 rings (SSSR count). The summed E-state index contributed by atoms with van der Waals surface area (Å²) in [5, 5.41) is 0. The van der Waals surface area contributed by atoms with Crippen molar-refractivity contribution in [2.75, 3.05) is 0 Å². The quantitative estimate of drug-likeness (QED) is 0.332. The van der Waals surface area contributed by atoms with E-state index in [1.807, 2.05) is 36.4 Å². The van der Waals surface area contributed by atoms with E-state index in [-0.39, 0.29) is 5.92 Å². The largest absolute Gasteiger partial charge is 0.449 e. The number of rotatable bonds is 3. The molecule has 0 N–H and O–H groups in total. The Balaban J connectivity index is 1.62. The van der Waals surface area contributed by atoms with Crippen molar-refractivity contribution >= 4 is 0 Å². The first-order valence-corrected chi connectivity index (χ1v) is 7.32. The monoisotopic (exact) mass is 286 g/mol. The van der Waals surface area contributed by atoms with Crippen molar-refractivity contribution in [2.24, 2.45) is 0 Å². The molecule has 3 aliphatic rings. The first kappa shape index (κ1) is 10.7. The van der Waals surface area contributed by atoms with Gasteiger partial charge in [-0.15, -0.1) is 0 Å². The van der Waals surface area contributed by atoms with Gasteiger partial charge in [-0.3, -0.25) is 0 Å². The average molecular weight is 286 g/mol. The Labute approximate surface area is 126 Å². The summed E-state index contributed by atoms with van der Waals surface area (Å²) in [6.45, 7) is 0. The minimum atomic E-state index is 0.0762. The molecule has 0 aliphatic carbocycles. The molecule has 3 aromatic carbocycles. The third-order valence-electron chi connectivity index (χ3n) is 4.47. The number of hydrogen-bond acceptors (Lipinski definition) is 3. The highest BCUT2D eigenvalue weighted by Crippen LogP contribution is 2.61. The summed E-state index contributed by atoms with van der Waals surface area (Å²) in [5.41, 5.74) is 3.51. The van der Waals surface area contributed by atoms with Crippen molar-refractivity contribution in [3.63, 3.8) is 0 Å². The molecule has 0 spiro atoms. The van der Waals surface area contributed by atoms with Gasteiger partial charge in [-0.25, -0.2) is 0 Å².